The molecule has 0 radical (unpaired) electrons. The zero-order valence-corrected chi connectivity index (χ0v) is 12.6. The fourth-order valence-electron chi connectivity index (χ4n) is 2.46. The molecule has 116 valence electrons. The number of ether oxygens (including phenoxy) is 3. The second kappa shape index (κ2) is 6.56. The summed E-state index contributed by atoms with van der Waals surface area (Å²) < 4.78 is 16.2. The van der Waals surface area contributed by atoms with Gasteiger partial charge in [0, 0.05) is 0 Å². The van der Waals surface area contributed by atoms with E-state index in [2.05, 4.69) is 0 Å². The first-order chi connectivity index (χ1) is 9.94. The van der Waals surface area contributed by atoms with Gasteiger partial charge in [0.25, 0.3) is 0 Å². The van der Waals surface area contributed by atoms with E-state index in [-0.39, 0.29) is 13.2 Å². The van der Waals surface area contributed by atoms with Crippen LogP contribution in [0.5, 0.6) is 0 Å². The molecule has 5 heteroatoms. The first-order valence-electron chi connectivity index (χ1n) is 7.16. The number of hydrogen-bond donors (Lipinski definition) is 1. The molecule has 0 amide bonds. The Labute approximate surface area is 124 Å². The quantitative estimate of drug-likeness (QED) is 0.840. The van der Waals surface area contributed by atoms with Crippen LogP contribution in [0.4, 0.5) is 0 Å². The summed E-state index contributed by atoms with van der Waals surface area (Å²) in [7, 11) is 0. The average Bonchev–Trinajstić information content (AvgIpc) is 2.81. The van der Waals surface area contributed by atoms with Crippen LogP contribution in [0.15, 0.2) is 30.3 Å². The van der Waals surface area contributed by atoms with Gasteiger partial charge in [-0.05, 0) is 26.3 Å². The molecule has 1 aromatic rings. The maximum Gasteiger partial charge on any atom is 0.316 e. The van der Waals surface area contributed by atoms with Crippen LogP contribution in [0, 0.1) is 0 Å². The van der Waals surface area contributed by atoms with Crippen molar-refractivity contribution in [3.63, 3.8) is 0 Å². The molecule has 0 bridgehead atoms. The van der Waals surface area contributed by atoms with E-state index in [1.165, 1.54) is 0 Å². The Bertz CT molecular complexity index is 471. The predicted octanol–water partition coefficient (Wildman–Crippen LogP) is 1.85. The maximum absolute atomic E-state index is 12.2. The molecular weight excluding hydrogens is 272 g/mol. The van der Waals surface area contributed by atoms with Gasteiger partial charge in [0.2, 0.25) is 0 Å². The summed E-state index contributed by atoms with van der Waals surface area (Å²) in [5.41, 5.74) is 0.705. The molecule has 3 unspecified atom stereocenters. The van der Waals surface area contributed by atoms with Crippen LogP contribution in [-0.2, 0) is 19.0 Å². The van der Waals surface area contributed by atoms with Crippen molar-refractivity contribution in [3.8, 4) is 0 Å². The number of benzene rings is 1. The fraction of sp³-hybridized carbons (Fsp3) is 0.562. The molecule has 1 saturated heterocycles. The molecule has 1 aromatic carbocycles. The molecule has 1 aliphatic heterocycles. The minimum Gasteiger partial charge on any atom is -0.465 e. The lowest BCUT2D eigenvalue weighted by Crippen LogP contribution is -2.39. The molecule has 0 saturated carbocycles. The van der Waals surface area contributed by atoms with Crippen LogP contribution < -0.4 is 0 Å². The highest BCUT2D eigenvalue weighted by atomic mass is 16.7. The zero-order valence-electron chi connectivity index (χ0n) is 12.6. The molecule has 21 heavy (non-hydrogen) atoms. The van der Waals surface area contributed by atoms with E-state index in [1.807, 2.05) is 18.2 Å². The van der Waals surface area contributed by atoms with Crippen LogP contribution in [0.25, 0.3) is 0 Å². The van der Waals surface area contributed by atoms with Crippen molar-refractivity contribution in [1.29, 1.82) is 0 Å². The van der Waals surface area contributed by atoms with E-state index in [0.717, 1.165) is 0 Å². The highest BCUT2D eigenvalue weighted by molar-refractivity contribution is 5.79. The van der Waals surface area contributed by atoms with Crippen molar-refractivity contribution in [2.45, 2.75) is 44.7 Å². The zero-order chi connectivity index (χ0) is 15.5. The molecule has 0 aliphatic carbocycles. The van der Waals surface area contributed by atoms with Crippen LogP contribution in [-0.4, -0.2) is 42.3 Å². The largest absolute Gasteiger partial charge is 0.465 e. The van der Waals surface area contributed by atoms with Crippen molar-refractivity contribution >= 4 is 5.97 Å². The van der Waals surface area contributed by atoms with Gasteiger partial charge in [-0.2, -0.15) is 0 Å². The van der Waals surface area contributed by atoms with Crippen molar-refractivity contribution in [3.05, 3.63) is 35.9 Å². The molecule has 0 aromatic heterocycles. The summed E-state index contributed by atoms with van der Waals surface area (Å²) in [6.45, 7) is 5.81. The fourth-order valence-corrected chi connectivity index (χ4v) is 2.46. The molecule has 1 fully saturated rings. The number of aliphatic hydroxyl groups excluding tert-OH is 1. The third-order valence-electron chi connectivity index (χ3n) is 3.45. The van der Waals surface area contributed by atoms with Gasteiger partial charge >= 0.3 is 5.97 Å². The molecule has 3 atom stereocenters. The Morgan fingerprint density at radius 3 is 2.62 bits per heavy atom. The molecule has 0 spiro atoms. The topological polar surface area (TPSA) is 65.0 Å². The highest BCUT2D eigenvalue weighted by Crippen LogP contribution is 2.31. The second-order valence-corrected chi connectivity index (χ2v) is 5.50. The molecule has 2 rings (SSSR count). The van der Waals surface area contributed by atoms with Crippen LogP contribution in [0.3, 0.4) is 0 Å². The lowest BCUT2D eigenvalue weighted by atomic mass is 9.90. The molecule has 1 heterocycles. The molecule has 1 N–H and O–H groups in total. The van der Waals surface area contributed by atoms with E-state index in [4.69, 9.17) is 14.2 Å². The standard InChI is InChI=1S/C16H22O5/c1-4-19-15(18)13(11-8-6-5-7-9-11)14(17)12-10-20-16(2,3)21-12/h5-9,12-14,17H,4,10H2,1-3H3. The van der Waals surface area contributed by atoms with Gasteiger partial charge in [-0.1, -0.05) is 30.3 Å². The van der Waals surface area contributed by atoms with Crippen molar-refractivity contribution < 1.29 is 24.1 Å². The summed E-state index contributed by atoms with van der Waals surface area (Å²) in [4.78, 5) is 12.2. The number of hydrogen-bond acceptors (Lipinski definition) is 5. The van der Waals surface area contributed by atoms with Gasteiger partial charge in [-0.25, -0.2) is 0 Å². The molecule has 1 aliphatic rings. The number of rotatable bonds is 5. The first-order valence-corrected chi connectivity index (χ1v) is 7.16. The summed E-state index contributed by atoms with van der Waals surface area (Å²) in [6, 6.07) is 9.10. The third-order valence-corrected chi connectivity index (χ3v) is 3.45. The summed E-state index contributed by atoms with van der Waals surface area (Å²) in [5, 5.41) is 10.6. The Balaban J connectivity index is 2.21. The van der Waals surface area contributed by atoms with Gasteiger partial charge < -0.3 is 19.3 Å². The Morgan fingerprint density at radius 2 is 2.10 bits per heavy atom. The van der Waals surface area contributed by atoms with E-state index in [1.54, 1.807) is 32.9 Å². The first kappa shape index (κ1) is 15.9. The highest BCUT2D eigenvalue weighted by Gasteiger charge is 2.43. The second-order valence-electron chi connectivity index (χ2n) is 5.50. The molecule has 5 nitrogen and oxygen atoms in total. The van der Waals surface area contributed by atoms with Crippen LogP contribution in [0.2, 0.25) is 0 Å². The minimum atomic E-state index is -1.02. The van der Waals surface area contributed by atoms with E-state index in [0.29, 0.717) is 5.56 Å². The normalized spacial score (nSPS) is 23.5. The van der Waals surface area contributed by atoms with Gasteiger partial charge in [-0.3, -0.25) is 4.79 Å². The van der Waals surface area contributed by atoms with Gasteiger partial charge in [0.15, 0.2) is 5.79 Å². The molecular formula is C16H22O5. The van der Waals surface area contributed by atoms with E-state index < -0.39 is 29.9 Å². The Kier molecular flexibility index (Phi) is 4.98. The lowest BCUT2D eigenvalue weighted by Gasteiger charge is -2.26. The number of aliphatic hydroxyl groups is 1. The predicted molar refractivity (Wildman–Crippen MR) is 76.7 cm³/mol. The van der Waals surface area contributed by atoms with Crippen molar-refractivity contribution in [1.82, 2.24) is 0 Å². The van der Waals surface area contributed by atoms with Crippen LogP contribution >= 0.6 is 0 Å². The van der Waals surface area contributed by atoms with Gasteiger partial charge in [0.05, 0.1) is 19.3 Å². The van der Waals surface area contributed by atoms with E-state index in [9.17, 15) is 9.90 Å². The number of carbonyl (C=O) groups is 1. The summed E-state index contributed by atoms with van der Waals surface area (Å²) in [5.74, 6) is -1.99. The Morgan fingerprint density at radius 1 is 1.43 bits per heavy atom. The van der Waals surface area contributed by atoms with E-state index >= 15 is 0 Å². The smallest absolute Gasteiger partial charge is 0.316 e. The third kappa shape index (κ3) is 3.81. The van der Waals surface area contributed by atoms with Crippen LogP contribution in [0.1, 0.15) is 32.3 Å². The number of esters is 1. The SMILES string of the molecule is CCOC(=O)C(c1ccccc1)C(O)C1COC(C)(C)O1. The maximum atomic E-state index is 12.2. The van der Waals surface area contributed by atoms with Crippen molar-refractivity contribution in [2.75, 3.05) is 13.2 Å². The Hall–Kier alpha value is -1.43. The van der Waals surface area contributed by atoms with Gasteiger partial charge in [-0.15, -0.1) is 0 Å². The lowest BCUT2D eigenvalue weighted by molar-refractivity contribution is -0.163. The summed E-state index contributed by atoms with van der Waals surface area (Å²) >= 11 is 0. The average molecular weight is 294 g/mol. The monoisotopic (exact) mass is 294 g/mol. The van der Waals surface area contributed by atoms with Crippen molar-refractivity contribution in [2.24, 2.45) is 0 Å². The van der Waals surface area contributed by atoms with Gasteiger partial charge in [0.1, 0.15) is 12.0 Å². The minimum absolute atomic E-state index is 0.247. The number of carbonyl (C=O) groups excluding carboxylic acids is 1. The summed E-state index contributed by atoms with van der Waals surface area (Å²) in [6.07, 6.45) is -1.58.